The molecule has 3 aliphatic carbocycles. The van der Waals surface area contributed by atoms with E-state index in [1.807, 2.05) is 0 Å². The number of rotatable bonds is 2. The summed E-state index contributed by atoms with van der Waals surface area (Å²) in [5, 5.41) is 10.9. The number of ketones is 1. The van der Waals surface area contributed by atoms with Crippen LogP contribution >= 0.6 is 0 Å². The molecule has 4 atom stereocenters. The number of fused-ring (bicyclic) bond motifs is 2. The maximum Gasteiger partial charge on any atom is 0.423 e. The third-order valence-corrected chi connectivity index (χ3v) is 5.81. The van der Waals surface area contributed by atoms with Gasteiger partial charge in [-0.15, -0.1) is 0 Å². The first kappa shape index (κ1) is 17.6. The van der Waals surface area contributed by atoms with Crippen LogP contribution in [0.5, 0.6) is 0 Å². The van der Waals surface area contributed by atoms with Crippen molar-refractivity contribution in [2.75, 3.05) is 4.90 Å². The van der Waals surface area contributed by atoms with Crippen LogP contribution in [0, 0.1) is 33.8 Å². The molecule has 1 aliphatic heterocycles. The summed E-state index contributed by atoms with van der Waals surface area (Å²) >= 11 is 0. The fourth-order valence-corrected chi connectivity index (χ4v) is 4.69. The predicted octanol–water partition coefficient (Wildman–Crippen LogP) is 2.72. The van der Waals surface area contributed by atoms with Crippen LogP contribution in [0.2, 0.25) is 0 Å². The Morgan fingerprint density at radius 2 is 1.74 bits per heavy atom. The Morgan fingerprint density at radius 1 is 1.07 bits per heavy atom. The summed E-state index contributed by atoms with van der Waals surface area (Å²) in [6.07, 6.45) is -3.71. The smallest absolute Gasteiger partial charge is 0.299 e. The number of Topliss-reactive ketones (excluding diaryl/α,β-unsaturated/α-hetero) is 1. The number of carbonyl (C=O) groups is 3. The molecule has 2 amide bonds. The van der Waals surface area contributed by atoms with E-state index in [0.717, 1.165) is 6.07 Å². The number of nitrogens with zero attached hydrogens (tertiary/aromatic N) is 2. The summed E-state index contributed by atoms with van der Waals surface area (Å²) in [5.74, 6) is -3.84. The van der Waals surface area contributed by atoms with Crippen LogP contribution in [0.15, 0.2) is 18.2 Å². The topological polar surface area (TPSA) is 97.6 Å². The van der Waals surface area contributed by atoms with E-state index >= 15 is 0 Å². The Bertz CT molecular complexity index is 897. The van der Waals surface area contributed by atoms with Gasteiger partial charge in [0.2, 0.25) is 11.8 Å². The molecule has 0 unspecified atom stereocenters. The van der Waals surface area contributed by atoms with Crippen LogP contribution in [0.4, 0.5) is 24.5 Å². The summed E-state index contributed by atoms with van der Waals surface area (Å²) in [7, 11) is 0. The number of halogens is 3. The van der Waals surface area contributed by atoms with Crippen molar-refractivity contribution in [2.45, 2.75) is 25.4 Å². The van der Waals surface area contributed by atoms with Crippen molar-refractivity contribution in [1.82, 2.24) is 0 Å². The summed E-state index contributed by atoms with van der Waals surface area (Å²) in [5.41, 5.74) is -3.04. The van der Waals surface area contributed by atoms with Crippen molar-refractivity contribution in [3.63, 3.8) is 0 Å². The molecule has 0 radical (unpaired) electrons. The van der Waals surface area contributed by atoms with Crippen LogP contribution in [0.25, 0.3) is 0 Å². The zero-order valence-electron chi connectivity index (χ0n) is 13.7. The number of hydrogen-bond donors (Lipinski definition) is 0. The Labute approximate surface area is 150 Å². The van der Waals surface area contributed by atoms with Gasteiger partial charge in [-0.2, -0.15) is 13.2 Å². The monoisotopic (exact) mass is 382 g/mol. The van der Waals surface area contributed by atoms with Gasteiger partial charge < -0.3 is 0 Å². The molecule has 4 aliphatic rings. The Balaban J connectivity index is 1.78. The lowest BCUT2D eigenvalue weighted by Gasteiger charge is -2.41. The van der Waals surface area contributed by atoms with Crippen molar-refractivity contribution < 1.29 is 32.5 Å². The van der Waals surface area contributed by atoms with Gasteiger partial charge in [0.15, 0.2) is 0 Å². The molecule has 2 bridgehead atoms. The number of nitro benzene ring substituents is 1. The molecule has 27 heavy (non-hydrogen) atoms. The van der Waals surface area contributed by atoms with Crippen molar-refractivity contribution in [2.24, 2.45) is 23.7 Å². The minimum atomic E-state index is -5.02. The lowest BCUT2D eigenvalue weighted by molar-refractivity contribution is -0.388. The highest BCUT2D eigenvalue weighted by Gasteiger charge is 2.61. The van der Waals surface area contributed by atoms with Crippen molar-refractivity contribution in [1.29, 1.82) is 0 Å². The molecule has 7 nitrogen and oxygen atoms in total. The molecule has 1 aromatic carbocycles. The van der Waals surface area contributed by atoms with E-state index < -0.39 is 51.9 Å². The molecule has 0 spiro atoms. The average Bonchev–Trinajstić information content (AvgIpc) is 2.87. The summed E-state index contributed by atoms with van der Waals surface area (Å²) < 4.78 is 39.6. The molecule has 10 heteroatoms. The van der Waals surface area contributed by atoms with E-state index in [2.05, 4.69) is 0 Å². The summed E-state index contributed by atoms with van der Waals surface area (Å²) in [6, 6.07) is 2.06. The van der Waals surface area contributed by atoms with Crippen LogP contribution in [-0.4, -0.2) is 22.5 Å². The van der Waals surface area contributed by atoms with Gasteiger partial charge in [0.1, 0.15) is 11.3 Å². The van der Waals surface area contributed by atoms with E-state index in [4.69, 9.17) is 0 Å². The SMILES string of the molecule is O=C1C[C@H]2CC[C@@H]1[C@H]1C(=O)N(c3ccc([N+](=O)[O-])c(C(F)(F)F)c3)C(=O)[C@@H]21. The average molecular weight is 382 g/mol. The number of imide groups is 1. The fraction of sp³-hybridized carbons (Fsp3) is 0.471. The van der Waals surface area contributed by atoms with Crippen LogP contribution < -0.4 is 4.90 Å². The van der Waals surface area contributed by atoms with Gasteiger partial charge in [-0.05, 0) is 30.9 Å². The number of hydrogen-bond acceptors (Lipinski definition) is 5. The maximum absolute atomic E-state index is 13.2. The standard InChI is InChI=1S/C17H13F3N2O5/c18-17(19,20)10-6-8(2-4-11(10)22(26)27)21-15(24)13-7-1-3-9(12(23)5-7)14(13)16(21)25/h2,4,6-7,9,13-14H,1,3,5H2/t7-,9+,13+,14-/m1/s1. The number of alkyl halides is 3. The van der Waals surface area contributed by atoms with Gasteiger partial charge in [0, 0.05) is 18.4 Å². The zero-order chi connectivity index (χ0) is 19.7. The van der Waals surface area contributed by atoms with Gasteiger partial charge in [-0.1, -0.05) is 0 Å². The minimum absolute atomic E-state index is 0.0878. The molecule has 142 valence electrons. The van der Waals surface area contributed by atoms with Gasteiger partial charge >= 0.3 is 6.18 Å². The van der Waals surface area contributed by atoms with Crippen LogP contribution in [0.3, 0.4) is 0 Å². The first-order chi connectivity index (χ1) is 12.6. The highest BCUT2D eigenvalue weighted by Crippen LogP contribution is 2.52. The molecule has 1 heterocycles. The third-order valence-electron chi connectivity index (χ3n) is 5.81. The lowest BCUT2D eigenvalue weighted by Crippen LogP contribution is -2.46. The number of amides is 2. The second-order valence-electron chi connectivity index (χ2n) is 7.13. The van der Waals surface area contributed by atoms with E-state index in [1.165, 1.54) is 0 Å². The number of carbonyl (C=O) groups excluding carboxylic acids is 3. The van der Waals surface area contributed by atoms with Gasteiger partial charge in [0.05, 0.1) is 22.4 Å². The molecular weight excluding hydrogens is 369 g/mol. The Kier molecular flexibility index (Phi) is 3.66. The summed E-state index contributed by atoms with van der Waals surface area (Å²) in [4.78, 5) is 48.1. The Hall–Kier alpha value is -2.78. The van der Waals surface area contributed by atoms with Crippen molar-refractivity contribution in [3.8, 4) is 0 Å². The van der Waals surface area contributed by atoms with Crippen LogP contribution in [-0.2, 0) is 20.6 Å². The molecule has 5 rings (SSSR count). The quantitative estimate of drug-likeness (QED) is 0.445. The predicted molar refractivity (Wildman–Crippen MR) is 83.4 cm³/mol. The summed E-state index contributed by atoms with van der Waals surface area (Å²) in [6.45, 7) is 0. The third kappa shape index (κ3) is 2.46. The number of benzene rings is 1. The first-order valence-electron chi connectivity index (χ1n) is 8.37. The fourth-order valence-electron chi connectivity index (χ4n) is 4.69. The number of nitro groups is 1. The minimum Gasteiger partial charge on any atom is -0.299 e. The maximum atomic E-state index is 13.2. The first-order valence-corrected chi connectivity index (χ1v) is 8.37. The molecule has 0 aromatic heterocycles. The second kappa shape index (κ2) is 5.61. The van der Waals surface area contributed by atoms with Gasteiger partial charge in [-0.25, -0.2) is 0 Å². The molecule has 3 saturated carbocycles. The molecular formula is C17H13F3N2O5. The van der Waals surface area contributed by atoms with Crippen LogP contribution in [0.1, 0.15) is 24.8 Å². The van der Waals surface area contributed by atoms with E-state index in [0.29, 0.717) is 29.9 Å². The van der Waals surface area contributed by atoms with E-state index in [1.54, 1.807) is 0 Å². The zero-order valence-corrected chi connectivity index (χ0v) is 13.7. The highest BCUT2D eigenvalue weighted by molar-refractivity contribution is 6.23. The second-order valence-corrected chi connectivity index (χ2v) is 7.13. The van der Waals surface area contributed by atoms with E-state index in [-0.39, 0.29) is 23.8 Å². The van der Waals surface area contributed by atoms with Crippen molar-refractivity contribution >= 4 is 29.0 Å². The van der Waals surface area contributed by atoms with Gasteiger partial charge in [0.25, 0.3) is 5.69 Å². The highest BCUT2D eigenvalue weighted by atomic mass is 19.4. The normalized spacial score (nSPS) is 30.0. The van der Waals surface area contributed by atoms with E-state index in [9.17, 15) is 37.7 Å². The Morgan fingerprint density at radius 3 is 2.33 bits per heavy atom. The lowest BCUT2D eigenvalue weighted by atomic mass is 9.59. The van der Waals surface area contributed by atoms with Crippen molar-refractivity contribution in [3.05, 3.63) is 33.9 Å². The molecule has 1 aromatic rings. The molecule has 0 N–H and O–H groups in total. The molecule has 4 fully saturated rings. The largest absolute Gasteiger partial charge is 0.423 e. The molecule has 1 saturated heterocycles. The van der Waals surface area contributed by atoms with Gasteiger partial charge in [-0.3, -0.25) is 29.4 Å². The number of anilines is 1.